The molecule has 4 rings (SSSR count). The highest BCUT2D eigenvalue weighted by Gasteiger charge is 2.23. The van der Waals surface area contributed by atoms with Crippen LogP contribution < -0.4 is 21.7 Å². The van der Waals surface area contributed by atoms with Crippen molar-refractivity contribution < 1.29 is 13.2 Å². The molecule has 0 aliphatic heterocycles. The van der Waals surface area contributed by atoms with Crippen molar-refractivity contribution in [2.24, 2.45) is 5.73 Å². The van der Waals surface area contributed by atoms with Crippen LogP contribution in [-0.2, 0) is 14.6 Å². The molecule has 11 heteroatoms. The summed E-state index contributed by atoms with van der Waals surface area (Å²) >= 11 is 0. The quantitative estimate of drug-likeness (QED) is 0.257. The average Bonchev–Trinajstić information content (AvgIpc) is 3.28. The first-order valence-electron chi connectivity index (χ1n) is 10.6. The molecule has 0 saturated heterocycles. The number of hydrogen-bond acceptors (Lipinski definition) is 8. The lowest BCUT2D eigenvalue weighted by Gasteiger charge is -2.15. The van der Waals surface area contributed by atoms with E-state index in [1.165, 1.54) is 0 Å². The molecular weight excluding hydrogens is 454 g/mol. The molecule has 0 spiro atoms. The topological polar surface area (TPSA) is 155 Å². The number of rotatable bonds is 8. The molecule has 2 heterocycles. The van der Waals surface area contributed by atoms with Crippen molar-refractivity contribution in [2.75, 3.05) is 22.5 Å². The predicted octanol–water partition coefficient (Wildman–Crippen LogP) is 3.52. The van der Waals surface area contributed by atoms with E-state index in [9.17, 15) is 13.2 Å². The van der Waals surface area contributed by atoms with Gasteiger partial charge in [0, 0.05) is 17.6 Å². The molecule has 0 atom stereocenters. The third kappa shape index (κ3) is 4.85. The number of nitrogens with two attached hydrogens (primary N) is 1. The second kappa shape index (κ2) is 9.49. The van der Waals surface area contributed by atoms with Crippen molar-refractivity contribution in [1.82, 2.24) is 15.0 Å². The van der Waals surface area contributed by atoms with E-state index in [4.69, 9.17) is 5.73 Å². The van der Waals surface area contributed by atoms with Crippen molar-refractivity contribution in [3.05, 3.63) is 60.8 Å². The van der Waals surface area contributed by atoms with Crippen LogP contribution in [0.5, 0.6) is 0 Å². The molecule has 4 aromatic rings. The van der Waals surface area contributed by atoms with Crippen LogP contribution in [0.4, 0.5) is 28.8 Å². The van der Waals surface area contributed by atoms with Crippen molar-refractivity contribution in [3.8, 4) is 0 Å². The van der Waals surface area contributed by atoms with Crippen LogP contribution in [0.3, 0.4) is 0 Å². The number of carbonyl (C=O) groups is 1. The summed E-state index contributed by atoms with van der Waals surface area (Å²) in [5.41, 5.74) is 8.28. The molecule has 0 aliphatic carbocycles. The van der Waals surface area contributed by atoms with Gasteiger partial charge in [0.05, 0.1) is 27.9 Å². The first-order valence-corrected chi connectivity index (χ1v) is 12.1. The third-order valence-electron chi connectivity index (χ3n) is 5.06. The number of nitrogens with zero attached hydrogens (tertiary/aromatic N) is 2. The standard InChI is InChI=1S/C23H25N7O3S/c1-14(2)34(32,33)19-9-4-3-8-17(19)28-22-21-18(10-11-25-21)29-23(30-22)27-16-7-5-6-15(12-16)26-20(31)13-24/h3-12,14,25H,13,24H2,1-2H3,(H,26,31)(H2,27,28,29,30). The lowest BCUT2D eigenvalue weighted by molar-refractivity contribution is -0.114. The largest absolute Gasteiger partial charge is 0.357 e. The summed E-state index contributed by atoms with van der Waals surface area (Å²) in [6, 6.07) is 15.6. The minimum atomic E-state index is -3.52. The molecule has 0 unspecified atom stereocenters. The lowest BCUT2D eigenvalue weighted by atomic mass is 10.2. The molecule has 2 aromatic heterocycles. The number of nitrogens with one attached hydrogen (secondary N) is 4. The number of fused-ring (bicyclic) bond motifs is 1. The predicted molar refractivity (Wildman–Crippen MR) is 133 cm³/mol. The number of para-hydroxylation sites is 1. The highest BCUT2D eigenvalue weighted by Crippen LogP contribution is 2.30. The third-order valence-corrected chi connectivity index (χ3v) is 7.27. The van der Waals surface area contributed by atoms with Crippen molar-refractivity contribution >= 4 is 55.6 Å². The fourth-order valence-corrected chi connectivity index (χ4v) is 4.51. The Morgan fingerprint density at radius 3 is 2.56 bits per heavy atom. The zero-order valence-corrected chi connectivity index (χ0v) is 19.5. The van der Waals surface area contributed by atoms with Crippen LogP contribution in [0.25, 0.3) is 11.0 Å². The minimum absolute atomic E-state index is 0.117. The van der Waals surface area contributed by atoms with E-state index in [0.717, 1.165) is 0 Å². The van der Waals surface area contributed by atoms with Gasteiger partial charge in [-0.1, -0.05) is 18.2 Å². The van der Waals surface area contributed by atoms with Crippen LogP contribution in [0.1, 0.15) is 13.8 Å². The maximum Gasteiger partial charge on any atom is 0.238 e. The van der Waals surface area contributed by atoms with Gasteiger partial charge in [-0.25, -0.2) is 13.4 Å². The maximum absolute atomic E-state index is 12.9. The Balaban J connectivity index is 1.69. The van der Waals surface area contributed by atoms with Crippen LogP contribution in [-0.4, -0.2) is 41.1 Å². The normalized spacial score (nSPS) is 11.5. The zero-order valence-electron chi connectivity index (χ0n) is 18.7. The Bertz CT molecular complexity index is 1450. The number of sulfone groups is 1. The van der Waals surface area contributed by atoms with Gasteiger partial charge in [-0.15, -0.1) is 0 Å². The van der Waals surface area contributed by atoms with Crippen molar-refractivity contribution in [3.63, 3.8) is 0 Å². The second-order valence-electron chi connectivity index (χ2n) is 7.81. The van der Waals surface area contributed by atoms with Crippen LogP contribution >= 0.6 is 0 Å². The molecule has 0 saturated carbocycles. The monoisotopic (exact) mass is 479 g/mol. The van der Waals surface area contributed by atoms with Gasteiger partial charge >= 0.3 is 0 Å². The zero-order chi connectivity index (χ0) is 24.3. The number of carbonyl (C=O) groups excluding carboxylic acids is 1. The van der Waals surface area contributed by atoms with Gasteiger partial charge in [-0.2, -0.15) is 4.98 Å². The van der Waals surface area contributed by atoms with E-state index < -0.39 is 15.1 Å². The number of amides is 1. The molecule has 34 heavy (non-hydrogen) atoms. The molecule has 176 valence electrons. The number of hydrogen-bond donors (Lipinski definition) is 5. The highest BCUT2D eigenvalue weighted by atomic mass is 32.2. The van der Waals surface area contributed by atoms with Crippen LogP contribution in [0.15, 0.2) is 65.7 Å². The number of aromatic amines is 1. The highest BCUT2D eigenvalue weighted by molar-refractivity contribution is 7.92. The molecule has 0 bridgehead atoms. The molecule has 2 aromatic carbocycles. The van der Waals surface area contributed by atoms with Crippen LogP contribution in [0.2, 0.25) is 0 Å². The van der Waals surface area contributed by atoms with Crippen molar-refractivity contribution in [2.45, 2.75) is 24.0 Å². The van der Waals surface area contributed by atoms with Gasteiger partial charge in [0.25, 0.3) is 0 Å². The van der Waals surface area contributed by atoms with Crippen LogP contribution in [0, 0.1) is 0 Å². The van der Waals surface area contributed by atoms with E-state index in [2.05, 4.69) is 30.9 Å². The Morgan fingerprint density at radius 2 is 1.79 bits per heavy atom. The fraction of sp³-hybridized carbons (Fsp3) is 0.174. The SMILES string of the molecule is CC(C)S(=O)(=O)c1ccccc1Nc1nc(Nc2cccc(NC(=O)CN)c2)nc2cc[nH]c12. The van der Waals surface area contributed by atoms with Gasteiger partial charge in [0.15, 0.2) is 15.7 Å². The molecule has 6 N–H and O–H groups in total. The summed E-state index contributed by atoms with van der Waals surface area (Å²) < 4.78 is 25.7. The van der Waals surface area contributed by atoms with E-state index in [-0.39, 0.29) is 17.3 Å². The average molecular weight is 480 g/mol. The van der Waals surface area contributed by atoms with Gasteiger partial charge in [0.2, 0.25) is 11.9 Å². The van der Waals surface area contributed by atoms with Crippen molar-refractivity contribution in [1.29, 1.82) is 0 Å². The lowest BCUT2D eigenvalue weighted by Crippen LogP contribution is -2.21. The summed E-state index contributed by atoms with van der Waals surface area (Å²) in [6.07, 6.45) is 1.73. The molecule has 10 nitrogen and oxygen atoms in total. The van der Waals surface area contributed by atoms with Gasteiger partial charge in [-0.05, 0) is 50.2 Å². The Hall–Kier alpha value is -3.96. The Labute approximate surface area is 196 Å². The summed E-state index contributed by atoms with van der Waals surface area (Å²) in [5.74, 6) is 0.404. The molecule has 0 aliphatic rings. The number of anilines is 5. The Morgan fingerprint density at radius 1 is 1.03 bits per heavy atom. The van der Waals surface area contributed by atoms with E-state index in [1.54, 1.807) is 74.6 Å². The maximum atomic E-state index is 12.9. The summed E-state index contributed by atoms with van der Waals surface area (Å²) in [6.45, 7) is 3.17. The summed E-state index contributed by atoms with van der Waals surface area (Å²) in [5, 5.41) is 8.42. The molecule has 0 fully saturated rings. The summed E-state index contributed by atoms with van der Waals surface area (Å²) in [7, 11) is -3.52. The Kier molecular flexibility index (Phi) is 6.48. The fourth-order valence-electron chi connectivity index (χ4n) is 3.31. The second-order valence-corrected chi connectivity index (χ2v) is 10.3. The van der Waals surface area contributed by atoms with Gasteiger partial charge in [0.1, 0.15) is 5.52 Å². The first kappa shape index (κ1) is 23.2. The summed E-state index contributed by atoms with van der Waals surface area (Å²) in [4.78, 5) is 24.0. The molecule has 0 radical (unpaired) electrons. The van der Waals surface area contributed by atoms with Gasteiger partial charge in [-0.3, -0.25) is 4.79 Å². The minimum Gasteiger partial charge on any atom is -0.357 e. The smallest absolute Gasteiger partial charge is 0.238 e. The van der Waals surface area contributed by atoms with E-state index in [0.29, 0.717) is 39.9 Å². The van der Waals surface area contributed by atoms with E-state index in [1.807, 2.05) is 0 Å². The van der Waals surface area contributed by atoms with E-state index >= 15 is 0 Å². The molecular formula is C23H25N7O3S. The number of aromatic nitrogens is 3. The van der Waals surface area contributed by atoms with Gasteiger partial charge < -0.3 is 26.7 Å². The number of benzene rings is 2. The first-order chi connectivity index (χ1) is 16.3. The molecule has 1 amide bonds. The number of H-pyrrole nitrogens is 1.